The summed E-state index contributed by atoms with van der Waals surface area (Å²) in [4.78, 5) is 21.3. The van der Waals surface area contributed by atoms with Gasteiger partial charge in [-0.2, -0.15) is 0 Å². The predicted molar refractivity (Wildman–Crippen MR) is 136 cm³/mol. The largest absolute Gasteiger partial charge is 0.361 e. The second-order valence-electron chi connectivity index (χ2n) is 10.1. The average molecular weight is 506 g/mol. The first kappa shape index (κ1) is 23.6. The number of carbonyl (C=O) groups is 1. The van der Waals surface area contributed by atoms with Crippen molar-refractivity contribution in [3.05, 3.63) is 65.3 Å². The Morgan fingerprint density at radius 2 is 1.89 bits per heavy atom. The van der Waals surface area contributed by atoms with E-state index in [9.17, 15) is 13.6 Å². The number of hydrogen-bond acceptors (Lipinski definition) is 5. The van der Waals surface area contributed by atoms with Crippen molar-refractivity contribution in [1.82, 2.24) is 19.6 Å². The summed E-state index contributed by atoms with van der Waals surface area (Å²) in [5.41, 5.74) is 5.27. The van der Waals surface area contributed by atoms with Crippen LogP contribution in [-0.2, 0) is 4.79 Å². The Morgan fingerprint density at radius 3 is 2.59 bits per heavy atom. The summed E-state index contributed by atoms with van der Waals surface area (Å²) in [5, 5.41) is 4.10. The highest BCUT2D eigenvalue weighted by molar-refractivity contribution is 5.84. The van der Waals surface area contributed by atoms with E-state index in [2.05, 4.69) is 32.8 Å². The third kappa shape index (κ3) is 3.97. The smallest absolute Gasteiger partial charge is 0.219 e. The molecule has 0 saturated carbocycles. The number of likely N-dealkylation sites (tertiary alicyclic amines) is 1. The number of benzene rings is 2. The number of hydrogen-bond donors (Lipinski definition) is 0. The van der Waals surface area contributed by atoms with Crippen LogP contribution in [0.25, 0.3) is 22.2 Å². The molecule has 1 amide bonds. The van der Waals surface area contributed by atoms with Crippen molar-refractivity contribution < 1.29 is 18.1 Å². The minimum atomic E-state index is -0.853. The molecule has 2 saturated heterocycles. The predicted octanol–water partition coefficient (Wildman–Crippen LogP) is 5.72. The van der Waals surface area contributed by atoms with Crippen LogP contribution in [0.2, 0.25) is 0 Å². The number of rotatable bonds is 4. The van der Waals surface area contributed by atoms with Crippen molar-refractivity contribution in [3.63, 3.8) is 0 Å². The molecule has 0 bridgehead atoms. The van der Waals surface area contributed by atoms with E-state index >= 15 is 0 Å². The van der Waals surface area contributed by atoms with Gasteiger partial charge < -0.3 is 18.9 Å². The van der Waals surface area contributed by atoms with E-state index in [1.54, 1.807) is 13.0 Å². The van der Waals surface area contributed by atoms with Crippen LogP contribution < -0.4 is 4.90 Å². The molecule has 2 aromatic heterocycles. The first-order valence-electron chi connectivity index (χ1n) is 12.7. The Kier molecular flexibility index (Phi) is 5.73. The van der Waals surface area contributed by atoms with Gasteiger partial charge in [-0.15, -0.1) is 0 Å². The molecule has 2 aromatic carbocycles. The average Bonchev–Trinajstić information content (AvgIpc) is 3.65. The SMILES string of the molecule is CC(=O)N1CC[C@@H](n2c([C@@H]3CCCN3c3ccc(F)c(F)c3)nc3cc(-c4c(C)noc4C)ccc32)C1. The van der Waals surface area contributed by atoms with Gasteiger partial charge in [-0.25, -0.2) is 13.8 Å². The Labute approximate surface area is 213 Å². The monoisotopic (exact) mass is 505 g/mol. The first-order chi connectivity index (χ1) is 17.8. The highest BCUT2D eigenvalue weighted by Crippen LogP contribution is 2.41. The van der Waals surface area contributed by atoms with Gasteiger partial charge in [-0.3, -0.25) is 4.79 Å². The minimum Gasteiger partial charge on any atom is -0.361 e. The van der Waals surface area contributed by atoms with Gasteiger partial charge in [0, 0.05) is 43.9 Å². The minimum absolute atomic E-state index is 0.0680. The van der Waals surface area contributed by atoms with Gasteiger partial charge in [0.25, 0.3) is 0 Å². The molecule has 2 aliphatic heterocycles. The number of aryl methyl sites for hydroxylation is 2. The highest BCUT2D eigenvalue weighted by atomic mass is 19.2. The van der Waals surface area contributed by atoms with Gasteiger partial charge in [0.05, 0.1) is 28.8 Å². The number of amides is 1. The maximum Gasteiger partial charge on any atom is 0.219 e. The molecule has 192 valence electrons. The Hall–Kier alpha value is -3.75. The normalized spacial score (nSPS) is 19.9. The summed E-state index contributed by atoms with van der Waals surface area (Å²) in [6.07, 6.45) is 2.60. The van der Waals surface area contributed by atoms with Crippen molar-refractivity contribution in [2.75, 3.05) is 24.5 Å². The number of anilines is 1. The molecule has 0 radical (unpaired) electrons. The molecule has 2 aliphatic rings. The zero-order chi connectivity index (χ0) is 25.8. The van der Waals surface area contributed by atoms with Gasteiger partial charge >= 0.3 is 0 Å². The fourth-order valence-corrected chi connectivity index (χ4v) is 6.03. The second kappa shape index (κ2) is 8.97. The van der Waals surface area contributed by atoms with Gasteiger partial charge in [-0.05, 0) is 62.9 Å². The van der Waals surface area contributed by atoms with Crippen molar-refractivity contribution in [2.45, 2.75) is 52.1 Å². The van der Waals surface area contributed by atoms with E-state index in [-0.39, 0.29) is 18.0 Å². The topological polar surface area (TPSA) is 67.4 Å². The fourth-order valence-electron chi connectivity index (χ4n) is 6.03. The molecule has 7 nitrogen and oxygen atoms in total. The maximum absolute atomic E-state index is 14.1. The van der Waals surface area contributed by atoms with Gasteiger partial charge in [-0.1, -0.05) is 11.2 Å². The van der Waals surface area contributed by atoms with E-state index < -0.39 is 11.6 Å². The van der Waals surface area contributed by atoms with Crippen LogP contribution >= 0.6 is 0 Å². The summed E-state index contributed by atoms with van der Waals surface area (Å²) in [6.45, 7) is 7.48. The fraction of sp³-hybridized carbons (Fsp3) is 0.393. The molecular weight excluding hydrogens is 476 g/mol. The maximum atomic E-state index is 14.1. The standard InChI is InChI=1S/C28H29F2N5O2/c1-16-27(17(2)37-32-16)19-6-9-25-24(13-19)31-28(35(25)21-10-12-33(15-21)18(3)36)26-5-4-11-34(26)20-7-8-22(29)23(30)14-20/h6-9,13-14,21,26H,4-5,10-12,15H2,1-3H3/t21-,26+/m1/s1. The third-order valence-electron chi connectivity index (χ3n) is 7.80. The quantitative estimate of drug-likeness (QED) is 0.355. The number of carbonyl (C=O) groups excluding carboxylic acids is 1. The zero-order valence-electron chi connectivity index (χ0n) is 21.2. The van der Waals surface area contributed by atoms with Crippen LogP contribution in [0.3, 0.4) is 0 Å². The number of fused-ring (bicyclic) bond motifs is 1. The van der Waals surface area contributed by atoms with E-state index in [4.69, 9.17) is 9.51 Å². The van der Waals surface area contributed by atoms with Crippen molar-refractivity contribution >= 4 is 22.6 Å². The van der Waals surface area contributed by atoms with Crippen LogP contribution in [0.5, 0.6) is 0 Å². The Balaban J connectivity index is 1.48. The van der Waals surface area contributed by atoms with Gasteiger partial charge in [0.15, 0.2) is 11.6 Å². The molecule has 2 fully saturated rings. The van der Waals surface area contributed by atoms with Crippen LogP contribution in [0, 0.1) is 25.5 Å². The van der Waals surface area contributed by atoms with Crippen LogP contribution in [0.15, 0.2) is 40.9 Å². The molecule has 0 spiro atoms. The molecule has 0 N–H and O–H groups in total. The van der Waals surface area contributed by atoms with E-state index in [0.29, 0.717) is 18.8 Å². The highest BCUT2D eigenvalue weighted by Gasteiger charge is 2.35. The number of halogens is 2. The molecule has 4 aromatic rings. The van der Waals surface area contributed by atoms with Crippen molar-refractivity contribution in [3.8, 4) is 11.1 Å². The lowest BCUT2D eigenvalue weighted by atomic mass is 10.0. The lowest BCUT2D eigenvalue weighted by Crippen LogP contribution is -2.29. The molecule has 6 rings (SSSR count). The Morgan fingerprint density at radius 1 is 1.05 bits per heavy atom. The van der Waals surface area contributed by atoms with Crippen LogP contribution in [0.1, 0.15) is 55.5 Å². The summed E-state index contributed by atoms with van der Waals surface area (Å²) in [6, 6.07) is 10.3. The number of aromatic nitrogens is 3. The van der Waals surface area contributed by atoms with Crippen LogP contribution in [-0.4, -0.2) is 45.1 Å². The number of imidazole rings is 1. The summed E-state index contributed by atoms with van der Waals surface area (Å²) >= 11 is 0. The summed E-state index contributed by atoms with van der Waals surface area (Å²) in [5.74, 6) is 0.00853. The van der Waals surface area contributed by atoms with Gasteiger partial charge in [0.1, 0.15) is 11.6 Å². The van der Waals surface area contributed by atoms with E-state index in [0.717, 1.165) is 65.2 Å². The van der Waals surface area contributed by atoms with E-state index in [1.165, 1.54) is 12.1 Å². The van der Waals surface area contributed by atoms with Crippen molar-refractivity contribution in [2.24, 2.45) is 0 Å². The lowest BCUT2D eigenvalue weighted by Gasteiger charge is -2.28. The van der Waals surface area contributed by atoms with Gasteiger partial charge in [0.2, 0.25) is 5.91 Å². The molecule has 9 heteroatoms. The van der Waals surface area contributed by atoms with Crippen molar-refractivity contribution in [1.29, 1.82) is 0 Å². The third-order valence-corrected chi connectivity index (χ3v) is 7.80. The van der Waals surface area contributed by atoms with Crippen LogP contribution in [0.4, 0.5) is 14.5 Å². The molecular formula is C28H29F2N5O2. The van der Waals surface area contributed by atoms with E-state index in [1.807, 2.05) is 18.7 Å². The zero-order valence-corrected chi connectivity index (χ0v) is 21.2. The second-order valence-corrected chi connectivity index (χ2v) is 10.1. The molecule has 37 heavy (non-hydrogen) atoms. The summed E-state index contributed by atoms with van der Waals surface area (Å²) in [7, 11) is 0. The Bertz CT molecular complexity index is 1490. The molecule has 0 aliphatic carbocycles. The summed E-state index contributed by atoms with van der Waals surface area (Å²) < 4.78 is 35.5. The molecule has 0 unspecified atom stereocenters. The first-order valence-corrected chi connectivity index (χ1v) is 12.7. The number of nitrogens with zero attached hydrogens (tertiary/aromatic N) is 5. The molecule has 2 atom stereocenters. The molecule has 4 heterocycles. The lowest BCUT2D eigenvalue weighted by molar-refractivity contribution is -0.127.